The topological polar surface area (TPSA) is 79.8 Å². The SMILES string of the molecule is CCCOC(=O)C(Cc1ccccc1)C(C)NC(=S)NCc1ccc(O)c(OC)c1. The van der Waals surface area contributed by atoms with Gasteiger partial charge in [-0.15, -0.1) is 0 Å². The molecule has 0 aliphatic rings. The van der Waals surface area contributed by atoms with Gasteiger partial charge in [0.05, 0.1) is 19.6 Å². The van der Waals surface area contributed by atoms with E-state index < -0.39 is 0 Å². The number of phenolic OH excluding ortho intramolecular Hbond substituents is 1. The largest absolute Gasteiger partial charge is 0.504 e. The van der Waals surface area contributed by atoms with Gasteiger partial charge in [-0.05, 0) is 55.2 Å². The third-order valence-corrected chi connectivity index (χ3v) is 4.97. The van der Waals surface area contributed by atoms with Gasteiger partial charge in [-0.2, -0.15) is 0 Å². The highest BCUT2D eigenvalue weighted by Gasteiger charge is 2.27. The quantitative estimate of drug-likeness (QED) is 0.393. The van der Waals surface area contributed by atoms with Crippen LogP contribution in [0.25, 0.3) is 0 Å². The average molecular weight is 431 g/mol. The van der Waals surface area contributed by atoms with Crippen molar-refractivity contribution in [3.8, 4) is 11.5 Å². The summed E-state index contributed by atoms with van der Waals surface area (Å²) in [7, 11) is 1.50. The molecule has 3 N–H and O–H groups in total. The monoisotopic (exact) mass is 430 g/mol. The predicted molar refractivity (Wildman–Crippen MR) is 122 cm³/mol. The van der Waals surface area contributed by atoms with Crippen LogP contribution >= 0.6 is 12.2 Å². The number of esters is 1. The van der Waals surface area contributed by atoms with E-state index in [1.807, 2.05) is 44.2 Å². The molecule has 0 saturated carbocycles. The van der Waals surface area contributed by atoms with Gasteiger partial charge in [-0.1, -0.05) is 43.3 Å². The summed E-state index contributed by atoms with van der Waals surface area (Å²) in [6.45, 7) is 4.76. The Bertz CT molecular complexity index is 829. The predicted octanol–water partition coefficient (Wildman–Crippen LogP) is 3.57. The number of nitrogens with one attached hydrogen (secondary N) is 2. The van der Waals surface area contributed by atoms with Gasteiger partial charge in [0.15, 0.2) is 16.6 Å². The molecule has 6 nitrogen and oxygen atoms in total. The van der Waals surface area contributed by atoms with Crippen molar-refractivity contribution in [2.45, 2.75) is 39.3 Å². The van der Waals surface area contributed by atoms with Crippen LogP contribution in [-0.2, 0) is 22.5 Å². The van der Waals surface area contributed by atoms with Crippen molar-refractivity contribution in [1.29, 1.82) is 0 Å². The van der Waals surface area contributed by atoms with Crippen LogP contribution in [0.15, 0.2) is 48.5 Å². The fourth-order valence-electron chi connectivity index (χ4n) is 3.01. The second-order valence-electron chi connectivity index (χ2n) is 7.09. The maximum atomic E-state index is 12.6. The molecular formula is C23H30N2O4S. The molecule has 0 fully saturated rings. The summed E-state index contributed by atoms with van der Waals surface area (Å²) in [6, 6.07) is 14.8. The van der Waals surface area contributed by atoms with Crippen molar-refractivity contribution >= 4 is 23.3 Å². The zero-order chi connectivity index (χ0) is 21.9. The number of carbonyl (C=O) groups excluding carboxylic acids is 1. The summed E-state index contributed by atoms with van der Waals surface area (Å²) < 4.78 is 10.5. The molecule has 30 heavy (non-hydrogen) atoms. The van der Waals surface area contributed by atoms with Gasteiger partial charge >= 0.3 is 5.97 Å². The molecule has 0 radical (unpaired) electrons. The van der Waals surface area contributed by atoms with E-state index in [4.69, 9.17) is 21.7 Å². The molecule has 2 aromatic rings. The van der Waals surface area contributed by atoms with Gasteiger partial charge in [-0.25, -0.2) is 0 Å². The smallest absolute Gasteiger partial charge is 0.311 e. The third kappa shape index (κ3) is 7.22. The number of aromatic hydroxyl groups is 1. The van der Waals surface area contributed by atoms with Gasteiger partial charge < -0.3 is 25.2 Å². The Hall–Kier alpha value is -2.80. The molecular weight excluding hydrogens is 400 g/mol. The van der Waals surface area contributed by atoms with Crippen molar-refractivity contribution in [1.82, 2.24) is 10.6 Å². The van der Waals surface area contributed by atoms with Crippen molar-refractivity contribution in [3.05, 3.63) is 59.7 Å². The van der Waals surface area contributed by atoms with Crippen LogP contribution in [0.5, 0.6) is 11.5 Å². The fraction of sp³-hybridized carbons (Fsp3) is 0.391. The third-order valence-electron chi connectivity index (χ3n) is 4.71. The Morgan fingerprint density at radius 3 is 2.57 bits per heavy atom. The molecule has 0 aliphatic heterocycles. The Morgan fingerprint density at radius 2 is 1.90 bits per heavy atom. The highest BCUT2D eigenvalue weighted by atomic mass is 32.1. The van der Waals surface area contributed by atoms with Gasteiger partial charge in [0.25, 0.3) is 0 Å². The van der Waals surface area contributed by atoms with Crippen molar-refractivity contribution in [2.24, 2.45) is 5.92 Å². The summed E-state index contributed by atoms with van der Waals surface area (Å²) in [6.07, 6.45) is 1.34. The first kappa shape index (κ1) is 23.5. The normalized spacial score (nSPS) is 12.5. The van der Waals surface area contributed by atoms with Crippen molar-refractivity contribution in [2.75, 3.05) is 13.7 Å². The number of carbonyl (C=O) groups is 1. The number of hydrogen-bond donors (Lipinski definition) is 3. The molecule has 7 heteroatoms. The van der Waals surface area contributed by atoms with E-state index in [0.29, 0.717) is 30.4 Å². The maximum Gasteiger partial charge on any atom is 0.311 e. The van der Waals surface area contributed by atoms with E-state index in [1.165, 1.54) is 7.11 Å². The van der Waals surface area contributed by atoms with E-state index in [0.717, 1.165) is 17.5 Å². The minimum absolute atomic E-state index is 0.0879. The molecule has 2 unspecified atom stereocenters. The van der Waals surface area contributed by atoms with Crippen molar-refractivity contribution < 1.29 is 19.4 Å². The second-order valence-corrected chi connectivity index (χ2v) is 7.49. The van der Waals surface area contributed by atoms with Crippen LogP contribution in [0.3, 0.4) is 0 Å². The van der Waals surface area contributed by atoms with E-state index in [9.17, 15) is 9.90 Å². The molecule has 2 aromatic carbocycles. The molecule has 0 spiro atoms. The molecule has 0 aliphatic carbocycles. The molecule has 0 bridgehead atoms. The highest BCUT2D eigenvalue weighted by Crippen LogP contribution is 2.26. The summed E-state index contributed by atoms with van der Waals surface area (Å²) in [5, 5.41) is 16.5. The highest BCUT2D eigenvalue weighted by molar-refractivity contribution is 7.80. The number of phenols is 1. The Morgan fingerprint density at radius 1 is 1.17 bits per heavy atom. The first-order chi connectivity index (χ1) is 14.4. The van der Waals surface area contributed by atoms with Crippen LogP contribution in [0.2, 0.25) is 0 Å². The minimum atomic E-state index is -0.368. The van der Waals surface area contributed by atoms with E-state index >= 15 is 0 Å². The van der Waals surface area contributed by atoms with E-state index in [2.05, 4.69) is 10.6 Å². The molecule has 162 valence electrons. The van der Waals surface area contributed by atoms with Gasteiger partial charge in [0, 0.05) is 12.6 Å². The lowest BCUT2D eigenvalue weighted by atomic mass is 9.93. The lowest BCUT2D eigenvalue weighted by Crippen LogP contribution is -2.46. The van der Waals surface area contributed by atoms with Crippen LogP contribution in [0.1, 0.15) is 31.4 Å². The van der Waals surface area contributed by atoms with Crippen LogP contribution in [0.4, 0.5) is 0 Å². The summed E-state index contributed by atoms with van der Waals surface area (Å²) in [5.41, 5.74) is 1.98. The van der Waals surface area contributed by atoms with Crippen LogP contribution < -0.4 is 15.4 Å². The van der Waals surface area contributed by atoms with Gasteiger partial charge in [0.1, 0.15) is 0 Å². The Labute approximate surface area is 183 Å². The lowest BCUT2D eigenvalue weighted by Gasteiger charge is -2.25. The first-order valence-corrected chi connectivity index (χ1v) is 10.5. The van der Waals surface area contributed by atoms with Crippen LogP contribution in [0, 0.1) is 5.92 Å². The number of hydrogen-bond acceptors (Lipinski definition) is 5. The number of thiocarbonyl (C=S) groups is 1. The molecule has 2 atom stereocenters. The zero-order valence-electron chi connectivity index (χ0n) is 17.7. The lowest BCUT2D eigenvalue weighted by molar-refractivity contribution is -0.149. The minimum Gasteiger partial charge on any atom is -0.504 e. The fourth-order valence-corrected chi connectivity index (χ4v) is 3.27. The summed E-state index contributed by atoms with van der Waals surface area (Å²) >= 11 is 5.42. The number of benzene rings is 2. The first-order valence-electron chi connectivity index (χ1n) is 10.0. The molecule has 2 rings (SSSR count). The van der Waals surface area contributed by atoms with Crippen molar-refractivity contribution in [3.63, 3.8) is 0 Å². The van der Waals surface area contributed by atoms with E-state index in [-0.39, 0.29) is 23.7 Å². The average Bonchev–Trinajstić information content (AvgIpc) is 2.75. The second kappa shape index (κ2) is 12.0. The molecule has 0 aromatic heterocycles. The molecule has 0 amide bonds. The van der Waals surface area contributed by atoms with Gasteiger partial charge in [-0.3, -0.25) is 4.79 Å². The Kier molecular flexibility index (Phi) is 9.41. The summed E-state index contributed by atoms with van der Waals surface area (Å²) in [5.74, 6) is -0.104. The zero-order valence-corrected chi connectivity index (χ0v) is 18.5. The molecule has 0 heterocycles. The number of ether oxygens (including phenoxy) is 2. The van der Waals surface area contributed by atoms with Crippen LogP contribution in [-0.4, -0.2) is 35.9 Å². The summed E-state index contributed by atoms with van der Waals surface area (Å²) in [4.78, 5) is 12.6. The molecule has 0 saturated heterocycles. The number of methoxy groups -OCH3 is 1. The number of rotatable bonds is 10. The van der Waals surface area contributed by atoms with E-state index in [1.54, 1.807) is 18.2 Å². The maximum absolute atomic E-state index is 12.6. The standard InChI is InChI=1S/C23H30N2O4S/c1-4-12-29-22(27)19(13-17-8-6-5-7-9-17)16(2)25-23(30)24-15-18-10-11-20(26)21(14-18)28-3/h5-11,14,16,19,26H,4,12-13,15H2,1-3H3,(H2,24,25,30). The van der Waals surface area contributed by atoms with Gasteiger partial charge in [0.2, 0.25) is 0 Å². The Balaban J connectivity index is 1.98.